The van der Waals surface area contributed by atoms with Crippen LogP contribution in [-0.2, 0) is 9.53 Å². The topological polar surface area (TPSA) is 77.2 Å². The van der Waals surface area contributed by atoms with Crippen molar-refractivity contribution in [1.82, 2.24) is 9.97 Å². The quantitative estimate of drug-likeness (QED) is 0.510. The maximum absolute atomic E-state index is 12.6. The first-order chi connectivity index (χ1) is 13.0. The van der Waals surface area contributed by atoms with E-state index < -0.39 is 0 Å². The van der Waals surface area contributed by atoms with Gasteiger partial charge in [-0.05, 0) is 84.1 Å². The Balaban J connectivity index is 1.62. The average molecular weight is 455 g/mol. The van der Waals surface area contributed by atoms with E-state index in [0.717, 1.165) is 25.7 Å². The van der Waals surface area contributed by atoms with Crippen molar-refractivity contribution in [2.75, 3.05) is 11.9 Å². The van der Waals surface area contributed by atoms with Gasteiger partial charge in [0.2, 0.25) is 5.28 Å². The molecule has 3 aliphatic rings. The first-order valence-electron chi connectivity index (χ1n) is 9.28. The number of carbonyl (C=O) groups is 1. The van der Waals surface area contributed by atoms with E-state index in [9.17, 15) is 4.79 Å². The van der Waals surface area contributed by atoms with Crippen LogP contribution in [0.4, 0.5) is 5.82 Å². The minimum Gasteiger partial charge on any atom is -0.466 e. The van der Waals surface area contributed by atoms with Gasteiger partial charge in [-0.3, -0.25) is 4.79 Å². The summed E-state index contributed by atoms with van der Waals surface area (Å²) in [4.78, 5) is 21.2. The van der Waals surface area contributed by atoms with E-state index in [4.69, 9.17) is 20.8 Å². The van der Waals surface area contributed by atoms with E-state index >= 15 is 0 Å². The number of rotatable bonds is 5. The molecule has 5 rings (SSSR count). The van der Waals surface area contributed by atoms with Crippen LogP contribution in [0.5, 0.6) is 0 Å². The van der Waals surface area contributed by atoms with Gasteiger partial charge >= 0.3 is 5.97 Å². The lowest BCUT2D eigenvalue weighted by Gasteiger charge is -2.47. The van der Waals surface area contributed by atoms with Crippen LogP contribution in [-0.4, -0.2) is 28.6 Å². The molecule has 0 aliphatic heterocycles. The molecule has 3 aliphatic carbocycles. The van der Waals surface area contributed by atoms with E-state index in [1.54, 1.807) is 6.07 Å². The Kier molecular flexibility index (Phi) is 5.41. The number of nitrogens with one attached hydrogen (secondary N) is 1. The van der Waals surface area contributed by atoms with Gasteiger partial charge in [0, 0.05) is 12.1 Å². The summed E-state index contributed by atoms with van der Waals surface area (Å²) in [6.07, 6.45) is 4.41. The van der Waals surface area contributed by atoms with Gasteiger partial charge in [-0.15, -0.1) is 0 Å². The normalized spacial score (nSPS) is 26.8. The van der Waals surface area contributed by atoms with Gasteiger partial charge in [-0.1, -0.05) is 0 Å². The number of furan rings is 1. The number of anilines is 1. The Labute approximate surface area is 171 Å². The lowest BCUT2D eigenvalue weighted by molar-refractivity contribution is -0.154. The lowest BCUT2D eigenvalue weighted by Crippen LogP contribution is -2.52. The van der Waals surface area contributed by atoms with Gasteiger partial charge in [-0.2, -0.15) is 0 Å². The second-order valence-corrected chi connectivity index (χ2v) is 8.25. The van der Waals surface area contributed by atoms with E-state index in [0.29, 0.717) is 40.4 Å². The van der Waals surface area contributed by atoms with Gasteiger partial charge < -0.3 is 14.5 Å². The highest BCUT2D eigenvalue weighted by Gasteiger charge is 2.48. The van der Waals surface area contributed by atoms with Gasteiger partial charge in [0.25, 0.3) is 0 Å². The number of carbonyl (C=O) groups excluding carboxylic acids is 1. The molecule has 27 heavy (non-hydrogen) atoms. The molecule has 0 spiro atoms. The zero-order valence-electron chi connectivity index (χ0n) is 15.0. The summed E-state index contributed by atoms with van der Waals surface area (Å²) in [5.74, 6) is 1.74. The predicted octanol–water partition coefficient (Wildman–Crippen LogP) is 4.93. The molecule has 0 saturated heterocycles. The van der Waals surface area contributed by atoms with Crippen LogP contribution in [0.2, 0.25) is 5.28 Å². The minimum atomic E-state index is -0.146. The summed E-state index contributed by atoms with van der Waals surface area (Å²) in [6.45, 7) is 2.25. The van der Waals surface area contributed by atoms with Crippen LogP contribution >= 0.6 is 27.5 Å². The summed E-state index contributed by atoms with van der Waals surface area (Å²) in [5, 5.41) is 3.61. The maximum atomic E-state index is 12.6. The summed E-state index contributed by atoms with van der Waals surface area (Å²) in [6, 6.07) is 5.42. The fourth-order valence-corrected chi connectivity index (χ4v) is 4.96. The molecule has 0 aromatic carbocycles. The van der Waals surface area contributed by atoms with Gasteiger partial charge in [-0.25, -0.2) is 9.97 Å². The molecule has 0 radical (unpaired) electrons. The Morgan fingerprint density at radius 1 is 1.30 bits per heavy atom. The van der Waals surface area contributed by atoms with Crippen LogP contribution in [0.1, 0.15) is 32.6 Å². The first-order valence-corrected chi connectivity index (χ1v) is 10.5. The molecule has 3 saturated carbocycles. The zero-order valence-corrected chi connectivity index (χ0v) is 17.3. The predicted molar refractivity (Wildman–Crippen MR) is 105 cm³/mol. The Hall–Kier alpha value is -1.60. The number of ether oxygens (including phenoxy) is 1. The van der Waals surface area contributed by atoms with Gasteiger partial charge in [0.15, 0.2) is 10.4 Å². The van der Waals surface area contributed by atoms with E-state index in [1.165, 1.54) is 0 Å². The summed E-state index contributed by atoms with van der Waals surface area (Å²) < 4.78 is 11.6. The molecule has 2 aromatic rings. The molecule has 6 nitrogen and oxygen atoms in total. The number of aromatic nitrogens is 2. The Morgan fingerprint density at radius 3 is 2.70 bits per heavy atom. The third-order valence-electron chi connectivity index (χ3n) is 5.62. The van der Waals surface area contributed by atoms with E-state index in [-0.39, 0.29) is 23.2 Å². The highest BCUT2D eigenvalue weighted by Crippen LogP contribution is 2.46. The molecule has 1 N–H and O–H groups in total. The summed E-state index contributed by atoms with van der Waals surface area (Å²) in [7, 11) is 0. The van der Waals surface area contributed by atoms with Crippen molar-refractivity contribution in [1.29, 1.82) is 0 Å². The Bertz CT molecular complexity index is 835. The van der Waals surface area contributed by atoms with Crippen molar-refractivity contribution in [3.8, 4) is 11.5 Å². The first kappa shape index (κ1) is 18.7. The molecule has 3 fully saturated rings. The zero-order chi connectivity index (χ0) is 19.0. The molecule has 2 bridgehead atoms. The maximum Gasteiger partial charge on any atom is 0.311 e. The van der Waals surface area contributed by atoms with E-state index in [1.807, 2.05) is 19.1 Å². The smallest absolute Gasteiger partial charge is 0.311 e. The summed E-state index contributed by atoms with van der Waals surface area (Å²) in [5.41, 5.74) is 0.594. The molecule has 2 atom stereocenters. The third-order valence-corrected chi connectivity index (χ3v) is 6.21. The second-order valence-electron chi connectivity index (χ2n) is 7.13. The standard InChI is InChI=1S/C19H21BrClN3O3/c1-2-26-18(25)16-10-3-5-11(6-4-10)17(16)23-15-9-12(22-19(21)24-15)13-7-8-14(20)27-13/h7-11,16-17H,2-6H2,1H3,(H,22,23,24)/t10?,11?,16-,17-/m1/s1. The second kappa shape index (κ2) is 7.80. The highest BCUT2D eigenvalue weighted by molar-refractivity contribution is 9.10. The highest BCUT2D eigenvalue weighted by atomic mass is 79.9. The number of hydrogen-bond donors (Lipinski definition) is 1. The number of fused-ring (bicyclic) bond motifs is 3. The van der Waals surface area contributed by atoms with Crippen LogP contribution in [0.25, 0.3) is 11.5 Å². The van der Waals surface area contributed by atoms with Crippen LogP contribution in [0, 0.1) is 17.8 Å². The largest absolute Gasteiger partial charge is 0.466 e. The van der Waals surface area contributed by atoms with Crippen LogP contribution in [0.15, 0.2) is 27.3 Å². The van der Waals surface area contributed by atoms with Crippen LogP contribution in [0.3, 0.4) is 0 Å². The van der Waals surface area contributed by atoms with Crippen molar-refractivity contribution in [3.63, 3.8) is 0 Å². The third kappa shape index (κ3) is 3.85. The van der Waals surface area contributed by atoms with Crippen molar-refractivity contribution >= 4 is 39.3 Å². The lowest BCUT2D eigenvalue weighted by atomic mass is 9.61. The number of halogens is 2. The molecular formula is C19H21BrClN3O3. The molecule has 2 heterocycles. The molecular weight excluding hydrogens is 434 g/mol. The van der Waals surface area contributed by atoms with Gasteiger partial charge in [0.05, 0.1) is 12.5 Å². The van der Waals surface area contributed by atoms with Crippen molar-refractivity contribution < 1.29 is 13.9 Å². The molecule has 8 heteroatoms. The van der Waals surface area contributed by atoms with Crippen molar-refractivity contribution in [2.45, 2.75) is 38.6 Å². The van der Waals surface area contributed by atoms with Crippen molar-refractivity contribution in [3.05, 3.63) is 28.2 Å². The monoisotopic (exact) mass is 453 g/mol. The number of esters is 1. The van der Waals surface area contributed by atoms with Crippen LogP contribution < -0.4 is 5.32 Å². The molecule has 0 amide bonds. The molecule has 0 unspecified atom stereocenters. The summed E-state index contributed by atoms with van der Waals surface area (Å²) >= 11 is 9.44. The molecule has 144 valence electrons. The number of nitrogens with zero attached hydrogens (tertiary/aromatic N) is 2. The average Bonchev–Trinajstić information content (AvgIpc) is 3.09. The van der Waals surface area contributed by atoms with Gasteiger partial charge in [0.1, 0.15) is 11.5 Å². The number of hydrogen-bond acceptors (Lipinski definition) is 6. The SMILES string of the molecule is CCOC(=O)[C@@H]1C2CCC(CC2)[C@H]1Nc1cc(-c2ccc(Br)o2)nc(Cl)n1. The van der Waals surface area contributed by atoms with E-state index in [2.05, 4.69) is 31.2 Å². The van der Waals surface area contributed by atoms with Crippen molar-refractivity contribution in [2.24, 2.45) is 17.8 Å². The Morgan fingerprint density at radius 2 is 2.04 bits per heavy atom. The fourth-order valence-electron chi connectivity index (χ4n) is 4.48. The minimum absolute atomic E-state index is 0.00120. The molecule has 2 aromatic heterocycles. The fraction of sp³-hybridized carbons (Fsp3) is 0.526.